The lowest BCUT2D eigenvalue weighted by molar-refractivity contribution is 0.339. The number of hydrogen-bond donors (Lipinski definition) is 1. The SMILES string of the molecule is CCCCS(=O)c1cc(OCC)ccc1N. The van der Waals surface area contributed by atoms with Gasteiger partial charge in [0.1, 0.15) is 5.75 Å². The molecular weight excluding hydrogens is 222 g/mol. The van der Waals surface area contributed by atoms with Crippen molar-refractivity contribution in [3.05, 3.63) is 18.2 Å². The Morgan fingerprint density at radius 2 is 2.12 bits per heavy atom. The molecule has 4 heteroatoms. The summed E-state index contributed by atoms with van der Waals surface area (Å²) in [6.07, 6.45) is 1.99. The monoisotopic (exact) mass is 241 g/mol. The Morgan fingerprint density at radius 3 is 2.75 bits per heavy atom. The lowest BCUT2D eigenvalue weighted by Gasteiger charge is -2.08. The van der Waals surface area contributed by atoms with E-state index in [9.17, 15) is 4.21 Å². The highest BCUT2D eigenvalue weighted by Crippen LogP contribution is 2.23. The van der Waals surface area contributed by atoms with Crippen molar-refractivity contribution in [2.45, 2.75) is 31.6 Å². The van der Waals surface area contributed by atoms with Crippen LogP contribution in [0.25, 0.3) is 0 Å². The standard InChI is InChI=1S/C12H19NO2S/c1-3-5-8-16(14)12-9-10(15-4-2)6-7-11(12)13/h6-7,9H,3-5,8,13H2,1-2H3. The minimum Gasteiger partial charge on any atom is -0.494 e. The number of benzene rings is 1. The summed E-state index contributed by atoms with van der Waals surface area (Å²) in [5.41, 5.74) is 6.39. The van der Waals surface area contributed by atoms with E-state index in [1.54, 1.807) is 18.2 Å². The molecular formula is C12H19NO2S. The number of hydrogen-bond acceptors (Lipinski definition) is 3. The highest BCUT2D eigenvalue weighted by molar-refractivity contribution is 7.85. The summed E-state index contributed by atoms with van der Waals surface area (Å²) >= 11 is 0. The van der Waals surface area contributed by atoms with E-state index in [0.29, 0.717) is 22.9 Å². The molecule has 0 aromatic heterocycles. The van der Waals surface area contributed by atoms with Crippen molar-refractivity contribution in [2.24, 2.45) is 0 Å². The number of nitrogens with two attached hydrogens (primary N) is 1. The van der Waals surface area contributed by atoms with Gasteiger partial charge in [-0.2, -0.15) is 0 Å². The third-order valence-electron chi connectivity index (χ3n) is 2.22. The van der Waals surface area contributed by atoms with Crippen molar-refractivity contribution < 1.29 is 8.95 Å². The fourth-order valence-electron chi connectivity index (χ4n) is 1.35. The second-order valence-corrected chi connectivity index (χ2v) is 5.07. The summed E-state index contributed by atoms with van der Waals surface area (Å²) in [7, 11) is -1.01. The molecule has 0 saturated carbocycles. The molecule has 0 aliphatic rings. The maximum Gasteiger partial charge on any atom is 0.120 e. The molecule has 1 rings (SSSR count). The van der Waals surface area contributed by atoms with Gasteiger partial charge in [-0.25, -0.2) is 0 Å². The molecule has 0 fully saturated rings. The quantitative estimate of drug-likeness (QED) is 0.779. The normalized spacial score (nSPS) is 12.4. The minimum atomic E-state index is -1.01. The van der Waals surface area contributed by atoms with Crippen LogP contribution in [-0.4, -0.2) is 16.6 Å². The average molecular weight is 241 g/mol. The van der Waals surface area contributed by atoms with Gasteiger partial charge in [0, 0.05) is 11.4 Å². The van der Waals surface area contributed by atoms with Gasteiger partial charge in [0.15, 0.2) is 0 Å². The molecule has 0 bridgehead atoms. The van der Waals surface area contributed by atoms with E-state index in [1.165, 1.54) is 0 Å². The third kappa shape index (κ3) is 3.52. The van der Waals surface area contributed by atoms with Crippen molar-refractivity contribution in [1.29, 1.82) is 0 Å². The summed E-state index contributed by atoms with van der Waals surface area (Å²) in [6, 6.07) is 5.34. The zero-order valence-corrected chi connectivity index (χ0v) is 10.7. The minimum absolute atomic E-state index is 0.581. The van der Waals surface area contributed by atoms with E-state index >= 15 is 0 Å². The number of nitrogen functional groups attached to an aromatic ring is 1. The van der Waals surface area contributed by atoms with Gasteiger partial charge >= 0.3 is 0 Å². The van der Waals surface area contributed by atoms with Crippen LogP contribution in [0.15, 0.2) is 23.1 Å². The largest absolute Gasteiger partial charge is 0.494 e. The molecule has 0 saturated heterocycles. The van der Waals surface area contributed by atoms with Crippen LogP contribution in [0.5, 0.6) is 5.75 Å². The summed E-state index contributed by atoms with van der Waals surface area (Å²) in [6.45, 7) is 4.60. The molecule has 16 heavy (non-hydrogen) atoms. The van der Waals surface area contributed by atoms with Gasteiger partial charge in [-0.05, 0) is 31.5 Å². The second-order valence-electron chi connectivity index (χ2n) is 3.54. The maximum absolute atomic E-state index is 12.0. The highest BCUT2D eigenvalue weighted by atomic mass is 32.2. The van der Waals surface area contributed by atoms with E-state index in [4.69, 9.17) is 10.5 Å². The van der Waals surface area contributed by atoms with Crippen molar-refractivity contribution in [1.82, 2.24) is 0 Å². The fraction of sp³-hybridized carbons (Fsp3) is 0.500. The van der Waals surface area contributed by atoms with Crippen LogP contribution >= 0.6 is 0 Å². The molecule has 0 heterocycles. The van der Waals surface area contributed by atoms with E-state index in [1.807, 2.05) is 6.92 Å². The fourth-order valence-corrected chi connectivity index (χ4v) is 2.70. The smallest absolute Gasteiger partial charge is 0.120 e. The summed E-state index contributed by atoms with van der Waals surface area (Å²) in [5.74, 6) is 1.40. The summed E-state index contributed by atoms with van der Waals surface area (Å²) < 4.78 is 17.3. The van der Waals surface area contributed by atoms with Gasteiger partial charge < -0.3 is 10.5 Å². The molecule has 0 radical (unpaired) electrons. The van der Waals surface area contributed by atoms with Gasteiger partial charge in [0.25, 0.3) is 0 Å². The Labute approximate surface area is 99.4 Å². The molecule has 1 unspecified atom stereocenters. The molecule has 0 spiro atoms. The van der Waals surface area contributed by atoms with Crippen LogP contribution in [0.1, 0.15) is 26.7 Å². The Kier molecular flexibility index (Phi) is 5.32. The van der Waals surface area contributed by atoms with Crippen LogP contribution < -0.4 is 10.5 Å². The Bertz CT molecular complexity index is 366. The molecule has 2 N–H and O–H groups in total. The van der Waals surface area contributed by atoms with Gasteiger partial charge in [-0.1, -0.05) is 13.3 Å². The molecule has 1 aromatic carbocycles. The predicted molar refractivity (Wildman–Crippen MR) is 68.2 cm³/mol. The number of anilines is 1. The van der Waals surface area contributed by atoms with Crippen molar-refractivity contribution >= 4 is 16.5 Å². The molecule has 90 valence electrons. The van der Waals surface area contributed by atoms with Gasteiger partial charge in [0.2, 0.25) is 0 Å². The van der Waals surface area contributed by atoms with E-state index in [2.05, 4.69) is 6.92 Å². The van der Waals surface area contributed by atoms with Gasteiger partial charge in [0.05, 0.1) is 22.3 Å². The van der Waals surface area contributed by atoms with Crippen molar-refractivity contribution in [3.8, 4) is 5.75 Å². The zero-order valence-electron chi connectivity index (χ0n) is 9.86. The van der Waals surface area contributed by atoms with Crippen LogP contribution in [0, 0.1) is 0 Å². The van der Waals surface area contributed by atoms with E-state index in [-0.39, 0.29) is 0 Å². The molecule has 0 aliphatic heterocycles. The van der Waals surface area contributed by atoms with Gasteiger partial charge in [-0.3, -0.25) is 4.21 Å². The molecule has 0 aliphatic carbocycles. The first kappa shape index (κ1) is 13.0. The van der Waals surface area contributed by atoms with Crippen LogP contribution in [-0.2, 0) is 10.8 Å². The number of rotatable bonds is 6. The molecule has 1 atom stereocenters. The van der Waals surface area contributed by atoms with E-state index in [0.717, 1.165) is 18.6 Å². The first-order chi connectivity index (χ1) is 7.69. The molecule has 0 amide bonds. The van der Waals surface area contributed by atoms with Crippen LogP contribution in [0.3, 0.4) is 0 Å². The predicted octanol–water partition coefficient (Wildman–Crippen LogP) is 2.58. The zero-order chi connectivity index (χ0) is 12.0. The average Bonchev–Trinajstić information content (AvgIpc) is 2.29. The second kappa shape index (κ2) is 6.53. The first-order valence-electron chi connectivity index (χ1n) is 5.59. The Morgan fingerprint density at radius 1 is 1.38 bits per heavy atom. The summed E-state index contributed by atoms with van der Waals surface area (Å²) in [4.78, 5) is 0.694. The maximum atomic E-state index is 12.0. The third-order valence-corrected chi connectivity index (χ3v) is 3.73. The van der Waals surface area contributed by atoms with Crippen LogP contribution in [0.2, 0.25) is 0 Å². The number of unbranched alkanes of at least 4 members (excludes halogenated alkanes) is 1. The summed E-state index contributed by atoms with van der Waals surface area (Å²) in [5, 5.41) is 0. The highest BCUT2D eigenvalue weighted by Gasteiger charge is 2.09. The molecule has 3 nitrogen and oxygen atoms in total. The lowest BCUT2D eigenvalue weighted by atomic mass is 10.3. The first-order valence-corrected chi connectivity index (χ1v) is 6.91. The van der Waals surface area contributed by atoms with Crippen molar-refractivity contribution in [3.63, 3.8) is 0 Å². The van der Waals surface area contributed by atoms with E-state index < -0.39 is 10.8 Å². The van der Waals surface area contributed by atoms with Crippen LogP contribution in [0.4, 0.5) is 5.69 Å². The topological polar surface area (TPSA) is 52.3 Å². The Hall–Kier alpha value is -1.03. The molecule has 1 aromatic rings. The number of ether oxygens (including phenoxy) is 1. The van der Waals surface area contributed by atoms with Crippen molar-refractivity contribution in [2.75, 3.05) is 18.1 Å². The Balaban J connectivity index is 2.84. The van der Waals surface area contributed by atoms with Gasteiger partial charge in [-0.15, -0.1) is 0 Å². The lowest BCUT2D eigenvalue weighted by Crippen LogP contribution is -2.03.